The van der Waals surface area contributed by atoms with E-state index >= 15 is 0 Å². The van der Waals surface area contributed by atoms with Crippen molar-refractivity contribution in [1.29, 1.82) is 0 Å². The molecule has 0 saturated heterocycles. The first kappa shape index (κ1) is 23.2. The van der Waals surface area contributed by atoms with Crippen LogP contribution in [-0.4, -0.2) is 29.1 Å². The van der Waals surface area contributed by atoms with Gasteiger partial charge in [0.2, 0.25) is 0 Å². The molecule has 29 heavy (non-hydrogen) atoms. The Balaban J connectivity index is 2.47. The van der Waals surface area contributed by atoms with Crippen LogP contribution in [0.25, 0.3) is 0 Å². The lowest BCUT2D eigenvalue weighted by Crippen LogP contribution is -2.31. The zero-order valence-electron chi connectivity index (χ0n) is 18.7. The van der Waals surface area contributed by atoms with Crippen molar-refractivity contribution < 1.29 is 9.90 Å². The lowest BCUT2D eigenvalue weighted by Gasteiger charge is -2.31. The van der Waals surface area contributed by atoms with E-state index in [-0.39, 0.29) is 12.3 Å². The van der Waals surface area contributed by atoms with E-state index in [1.807, 2.05) is 13.8 Å². The number of benzene rings is 1. The smallest absolute Gasteiger partial charge is 0.303 e. The number of aromatic nitrogens is 1. The van der Waals surface area contributed by atoms with Crippen LogP contribution in [0, 0.1) is 25.7 Å². The SMILES string of the molecule is Cc1nc(Nc2cc(C(C)CC(=O)O)ccc2N(CC(C)C)CC(C)C)sc1C. The Labute approximate surface area is 179 Å². The minimum atomic E-state index is -0.775. The quantitative estimate of drug-likeness (QED) is 0.482. The van der Waals surface area contributed by atoms with Crippen molar-refractivity contribution in [3.63, 3.8) is 0 Å². The third-order valence-corrected chi connectivity index (χ3v) is 5.84. The molecule has 0 saturated carbocycles. The summed E-state index contributed by atoms with van der Waals surface area (Å²) in [5.41, 5.74) is 4.20. The molecule has 0 aliphatic rings. The van der Waals surface area contributed by atoms with Crippen molar-refractivity contribution in [3.8, 4) is 0 Å². The Bertz CT molecular complexity index is 800. The van der Waals surface area contributed by atoms with Crippen LogP contribution in [0.3, 0.4) is 0 Å². The summed E-state index contributed by atoms with van der Waals surface area (Å²) in [6.45, 7) is 16.9. The van der Waals surface area contributed by atoms with E-state index in [1.165, 1.54) is 4.88 Å². The molecule has 0 aliphatic carbocycles. The number of carboxylic acids is 1. The van der Waals surface area contributed by atoms with Gasteiger partial charge in [0.25, 0.3) is 0 Å². The molecular formula is C23H35N3O2S. The number of carbonyl (C=O) groups is 1. The Morgan fingerprint density at radius 2 is 1.76 bits per heavy atom. The second-order valence-corrected chi connectivity index (χ2v) is 9.96. The van der Waals surface area contributed by atoms with Crippen LogP contribution < -0.4 is 10.2 Å². The van der Waals surface area contributed by atoms with Gasteiger partial charge in [0, 0.05) is 18.0 Å². The van der Waals surface area contributed by atoms with Gasteiger partial charge in [-0.3, -0.25) is 4.79 Å². The Morgan fingerprint density at radius 3 is 2.24 bits per heavy atom. The van der Waals surface area contributed by atoms with Crippen LogP contribution in [0.4, 0.5) is 16.5 Å². The van der Waals surface area contributed by atoms with Crippen molar-refractivity contribution in [2.45, 2.75) is 60.8 Å². The van der Waals surface area contributed by atoms with E-state index in [0.29, 0.717) is 11.8 Å². The predicted octanol–water partition coefficient (Wildman–Crippen LogP) is 6.20. The van der Waals surface area contributed by atoms with E-state index < -0.39 is 5.97 Å². The highest BCUT2D eigenvalue weighted by Gasteiger charge is 2.18. The second kappa shape index (κ2) is 10.1. The second-order valence-electron chi connectivity index (χ2n) is 8.75. The van der Waals surface area contributed by atoms with Gasteiger partial charge in [0.05, 0.1) is 23.5 Å². The van der Waals surface area contributed by atoms with Crippen molar-refractivity contribution in [1.82, 2.24) is 4.98 Å². The number of nitrogens with one attached hydrogen (secondary N) is 1. The number of thiazole rings is 1. The Hall–Kier alpha value is -2.08. The fourth-order valence-corrected chi connectivity index (χ4v) is 4.24. The molecule has 1 aromatic carbocycles. The first-order valence-electron chi connectivity index (χ1n) is 10.4. The molecule has 2 N–H and O–H groups in total. The van der Waals surface area contributed by atoms with Crippen LogP contribution in [0.2, 0.25) is 0 Å². The number of aryl methyl sites for hydroxylation is 2. The largest absolute Gasteiger partial charge is 0.481 e. The van der Waals surface area contributed by atoms with Gasteiger partial charge < -0.3 is 15.3 Å². The van der Waals surface area contributed by atoms with Crippen molar-refractivity contribution in [2.24, 2.45) is 11.8 Å². The van der Waals surface area contributed by atoms with Crippen molar-refractivity contribution in [2.75, 3.05) is 23.3 Å². The van der Waals surface area contributed by atoms with Gasteiger partial charge in [-0.2, -0.15) is 0 Å². The molecule has 1 unspecified atom stereocenters. The molecule has 0 amide bonds. The zero-order chi connectivity index (χ0) is 21.7. The maximum Gasteiger partial charge on any atom is 0.303 e. The van der Waals surface area contributed by atoms with Crippen LogP contribution in [0.15, 0.2) is 18.2 Å². The summed E-state index contributed by atoms with van der Waals surface area (Å²) in [6.07, 6.45) is 0.121. The predicted molar refractivity (Wildman–Crippen MR) is 124 cm³/mol. The van der Waals surface area contributed by atoms with Gasteiger partial charge >= 0.3 is 5.97 Å². The molecule has 0 bridgehead atoms. The van der Waals surface area contributed by atoms with E-state index in [1.54, 1.807) is 11.3 Å². The van der Waals surface area contributed by atoms with E-state index in [2.05, 4.69) is 68.0 Å². The standard InChI is InChI=1S/C23H35N3O2S/c1-14(2)12-26(13-15(3)4)21-9-8-19(16(5)10-22(27)28)11-20(21)25-23-24-17(6)18(7)29-23/h8-9,11,14-16H,10,12-13H2,1-7H3,(H,24,25)(H,27,28). The maximum absolute atomic E-state index is 11.2. The van der Waals surface area contributed by atoms with Crippen LogP contribution in [-0.2, 0) is 4.79 Å². The summed E-state index contributed by atoms with van der Waals surface area (Å²) in [7, 11) is 0. The minimum absolute atomic E-state index is 0.0504. The summed E-state index contributed by atoms with van der Waals surface area (Å²) in [5, 5.41) is 13.6. The zero-order valence-corrected chi connectivity index (χ0v) is 19.6. The molecule has 160 valence electrons. The summed E-state index contributed by atoms with van der Waals surface area (Å²) in [4.78, 5) is 19.5. The molecule has 0 fully saturated rings. The molecule has 0 radical (unpaired) electrons. The highest BCUT2D eigenvalue weighted by Crippen LogP contribution is 2.35. The van der Waals surface area contributed by atoms with Gasteiger partial charge in [-0.05, 0) is 49.3 Å². The van der Waals surface area contributed by atoms with Crippen LogP contribution in [0.1, 0.15) is 63.1 Å². The summed E-state index contributed by atoms with van der Waals surface area (Å²) in [6, 6.07) is 6.30. The molecule has 0 aliphatic heterocycles. The number of aliphatic carboxylic acids is 1. The van der Waals surface area contributed by atoms with Crippen molar-refractivity contribution >= 4 is 33.8 Å². The average molecular weight is 418 g/mol. The lowest BCUT2D eigenvalue weighted by molar-refractivity contribution is -0.137. The van der Waals surface area contributed by atoms with Gasteiger partial charge in [-0.25, -0.2) is 4.98 Å². The number of nitrogens with zero attached hydrogens (tertiary/aromatic N) is 2. The van der Waals surface area contributed by atoms with Crippen LogP contribution >= 0.6 is 11.3 Å². The number of anilines is 3. The molecule has 1 atom stereocenters. The van der Waals surface area contributed by atoms with E-state index in [9.17, 15) is 9.90 Å². The average Bonchev–Trinajstić information content (AvgIpc) is 2.90. The maximum atomic E-state index is 11.2. The minimum Gasteiger partial charge on any atom is -0.481 e. The van der Waals surface area contributed by atoms with Gasteiger partial charge in [-0.1, -0.05) is 40.7 Å². The molecule has 1 heterocycles. The first-order valence-corrected chi connectivity index (χ1v) is 11.2. The monoisotopic (exact) mass is 417 g/mol. The summed E-state index contributed by atoms with van der Waals surface area (Å²) >= 11 is 1.65. The Kier molecular flexibility index (Phi) is 8.08. The summed E-state index contributed by atoms with van der Waals surface area (Å²) in [5.74, 6) is 0.252. The highest BCUT2D eigenvalue weighted by atomic mass is 32.1. The van der Waals surface area contributed by atoms with Gasteiger partial charge in [-0.15, -0.1) is 11.3 Å². The number of carboxylic acid groups (broad SMARTS) is 1. The molecule has 5 nitrogen and oxygen atoms in total. The fourth-order valence-electron chi connectivity index (χ4n) is 3.41. The lowest BCUT2D eigenvalue weighted by atomic mass is 9.96. The number of hydrogen-bond acceptors (Lipinski definition) is 5. The van der Waals surface area contributed by atoms with Gasteiger partial charge in [0.1, 0.15) is 0 Å². The highest BCUT2D eigenvalue weighted by molar-refractivity contribution is 7.15. The molecule has 0 spiro atoms. The van der Waals surface area contributed by atoms with Crippen LogP contribution in [0.5, 0.6) is 0 Å². The molecule has 1 aromatic heterocycles. The summed E-state index contributed by atoms with van der Waals surface area (Å²) < 4.78 is 0. The van der Waals surface area contributed by atoms with Crippen molar-refractivity contribution in [3.05, 3.63) is 34.3 Å². The molecule has 2 rings (SSSR count). The first-order chi connectivity index (χ1) is 13.6. The van der Waals surface area contributed by atoms with E-state index in [4.69, 9.17) is 0 Å². The topological polar surface area (TPSA) is 65.5 Å². The fraction of sp³-hybridized carbons (Fsp3) is 0.565. The van der Waals surface area contributed by atoms with Gasteiger partial charge in [0.15, 0.2) is 5.13 Å². The molecule has 2 aromatic rings. The Morgan fingerprint density at radius 1 is 1.14 bits per heavy atom. The molecule has 6 heteroatoms. The normalized spacial score (nSPS) is 12.4. The number of hydrogen-bond donors (Lipinski definition) is 2. The third kappa shape index (κ3) is 6.74. The van der Waals surface area contributed by atoms with E-state index in [0.717, 1.165) is 40.9 Å². The number of rotatable bonds is 10. The third-order valence-electron chi connectivity index (χ3n) is 4.85. The molecular weight excluding hydrogens is 382 g/mol.